The van der Waals surface area contributed by atoms with Crippen LogP contribution >= 0.6 is 15.9 Å². The number of sulfonamides is 1. The van der Waals surface area contributed by atoms with E-state index in [-0.39, 0.29) is 39.3 Å². The minimum absolute atomic E-state index is 0.00394. The number of rotatable bonds is 5. The molecule has 10 heteroatoms. The summed E-state index contributed by atoms with van der Waals surface area (Å²) in [6.07, 6.45) is 0.458. The maximum Gasteiger partial charge on any atom is 0.244 e. The summed E-state index contributed by atoms with van der Waals surface area (Å²) < 4.78 is 54.1. The Morgan fingerprint density at radius 1 is 1.50 bits per heavy atom. The van der Waals surface area contributed by atoms with Crippen molar-refractivity contribution in [3.05, 3.63) is 16.5 Å². The maximum absolute atomic E-state index is 12.1. The van der Waals surface area contributed by atoms with Gasteiger partial charge in [-0.05, 0) is 28.3 Å². The zero-order chi connectivity index (χ0) is 15.0. The SMILES string of the molecule is O=S1(=O)CCC(CNS(=O)(=O)c2cc(CO)oc2Br)C1. The monoisotopic (exact) mass is 387 g/mol. The lowest BCUT2D eigenvalue weighted by atomic mass is 10.1. The fraction of sp³-hybridized carbons (Fsp3) is 0.600. The largest absolute Gasteiger partial charge is 0.450 e. The molecule has 0 amide bonds. The van der Waals surface area contributed by atoms with Crippen LogP contribution in [-0.2, 0) is 26.5 Å². The third kappa shape index (κ3) is 3.61. The number of hydrogen-bond acceptors (Lipinski definition) is 6. The molecule has 20 heavy (non-hydrogen) atoms. The molecule has 0 radical (unpaired) electrons. The van der Waals surface area contributed by atoms with E-state index in [0.717, 1.165) is 0 Å². The number of aliphatic hydroxyl groups excluding tert-OH is 1. The summed E-state index contributed by atoms with van der Waals surface area (Å²) in [6.45, 7) is -0.345. The van der Waals surface area contributed by atoms with E-state index in [1.54, 1.807) is 0 Å². The van der Waals surface area contributed by atoms with E-state index >= 15 is 0 Å². The van der Waals surface area contributed by atoms with Crippen LogP contribution in [0.3, 0.4) is 0 Å². The molecule has 0 aromatic carbocycles. The van der Waals surface area contributed by atoms with Crippen molar-refractivity contribution >= 4 is 35.8 Å². The molecule has 2 rings (SSSR count). The Labute approximate surface area is 125 Å². The maximum atomic E-state index is 12.1. The lowest BCUT2D eigenvalue weighted by molar-refractivity contribution is 0.245. The standard InChI is InChI=1S/C10H14BrNO6S2/c11-10-9(3-8(5-13)18-10)20(16,17)12-4-7-1-2-19(14,15)6-7/h3,7,12-13H,1-2,4-6H2. The van der Waals surface area contributed by atoms with Gasteiger partial charge < -0.3 is 9.52 Å². The van der Waals surface area contributed by atoms with Crippen LogP contribution in [0.5, 0.6) is 0 Å². The quantitative estimate of drug-likeness (QED) is 0.748. The molecule has 1 atom stereocenters. The van der Waals surface area contributed by atoms with Gasteiger partial charge in [-0.1, -0.05) is 0 Å². The normalized spacial score (nSPS) is 22.2. The second-order valence-corrected chi connectivity index (χ2v) is 9.31. The summed E-state index contributed by atoms with van der Waals surface area (Å²) in [5.41, 5.74) is 0. The molecular formula is C10H14BrNO6S2. The van der Waals surface area contributed by atoms with Crippen molar-refractivity contribution < 1.29 is 26.4 Å². The summed E-state index contributed by atoms with van der Waals surface area (Å²) in [4.78, 5) is -0.109. The molecule has 1 fully saturated rings. The van der Waals surface area contributed by atoms with Crippen LogP contribution in [0.1, 0.15) is 12.2 Å². The topological polar surface area (TPSA) is 114 Å². The van der Waals surface area contributed by atoms with Crippen molar-refractivity contribution in [2.24, 2.45) is 5.92 Å². The van der Waals surface area contributed by atoms with Gasteiger partial charge in [0.2, 0.25) is 10.0 Å². The highest BCUT2D eigenvalue weighted by molar-refractivity contribution is 9.10. The number of halogens is 1. The smallest absolute Gasteiger partial charge is 0.244 e. The van der Waals surface area contributed by atoms with E-state index < -0.39 is 26.5 Å². The van der Waals surface area contributed by atoms with E-state index in [0.29, 0.717) is 6.42 Å². The van der Waals surface area contributed by atoms with E-state index in [4.69, 9.17) is 9.52 Å². The second kappa shape index (κ2) is 5.76. The summed E-state index contributed by atoms with van der Waals surface area (Å²) in [6, 6.07) is 1.22. The van der Waals surface area contributed by atoms with Crippen molar-refractivity contribution in [1.29, 1.82) is 0 Å². The van der Waals surface area contributed by atoms with Crippen molar-refractivity contribution in [3.63, 3.8) is 0 Å². The van der Waals surface area contributed by atoms with E-state index in [9.17, 15) is 16.8 Å². The predicted octanol–water partition coefficient (Wildman–Crippen LogP) is 0.247. The number of aliphatic hydroxyl groups is 1. The first-order chi connectivity index (χ1) is 9.23. The molecule has 0 aliphatic carbocycles. The van der Waals surface area contributed by atoms with Crippen LogP contribution in [0.15, 0.2) is 20.0 Å². The minimum atomic E-state index is -3.80. The zero-order valence-electron chi connectivity index (χ0n) is 10.4. The number of furan rings is 1. The minimum Gasteiger partial charge on any atom is -0.450 e. The van der Waals surface area contributed by atoms with Gasteiger partial charge >= 0.3 is 0 Å². The Balaban J connectivity index is 2.06. The molecule has 2 heterocycles. The first kappa shape index (κ1) is 16.0. The predicted molar refractivity (Wildman–Crippen MR) is 74.3 cm³/mol. The van der Waals surface area contributed by atoms with Crippen LogP contribution in [0.4, 0.5) is 0 Å². The molecule has 1 aliphatic heterocycles. The molecule has 2 N–H and O–H groups in total. The molecular weight excluding hydrogens is 374 g/mol. The first-order valence-electron chi connectivity index (χ1n) is 5.82. The molecule has 1 aliphatic rings. The van der Waals surface area contributed by atoms with Gasteiger partial charge in [-0.2, -0.15) is 0 Å². The first-order valence-corrected chi connectivity index (χ1v) is 9.92. The van der Waals surface area contributed by atoms with E-state index in [2.05, 4.69) is 20.7 Å². The molecule has 7 nitrogen and oxygen atoms in total. The fourth-order valence-electron chi connectivity index (χ4n) is 2.00. The Hall–Kier alpha value is -0.420. The van der Waals surface area contributed by atoms with Crippen molar-refractivity contribution in [3.8, 4) is 0 Å². The third-order valence-electron chi connectivity index (χ3n) is 3.04. The summed E-state index contributed by atoms with van der Waals surface area (Å²) in [7, 11) is -6.83. The Kier molecular flexibility index (Phi) is 4.59. The van der Waals surface area contributed by atoms with Gasteiger partial charge in [0.05, 0.1) is 11.5 Å². The molecule has 1 aromatic heterocycles. The summed E-state index contributed by atoms with van der Waals surface area (Å²) in [5.74, 6) is 0.0198. The molecule has 1 unspecified atom stereocenters. The van der Waals surface area contributed by atoms with Crippen LogP contribution in [0.2, 0.25) is 0 Å². The average molecular weight is 388 g/mol. The van der Waals surface area contributed by atoms with Crippen molar-refractivity contribution in [2.45, 2.75) is 17.9 Å². The lowest BCUT2D eigenvalue weighted by Gasteiger charge is -2.09. The molecule has 0 saturated carbocycles. The number of hydrogen-bond donors (Lipinski definition) is 2. The highest BCUT2D eigenvalue weighted by atomic mass is 79.9. The highest BCUT2D eigenvalue weighted by Crippen LogP contribution is 2.26. The average Bonchev–Trinajstić information content (AvgIpc) is 2.90. The Morgan fingerprint density at radius 3 is 2.70 bits per heavy atom. The van der Waals surface area contributed by atoms with Gasteiger partial charge in [-0.15, -0.1) is 0 Å². The van der Waals surface area contributed by atoms with E-state index in [1.165, 1.54) is 6.07 Å². The molecule has 1 saturated heterocycles. The Morgan fingerprint density at radius 2 is 2.20 bits per heavy atom. The van der Waals surface area contributed by atoms with Crippen LogP contribution in [0, 0.1) is 5.92 Å². The van der Waals surface area contributed by atoms with Crippen molar-refractivity contribution in [1.82, 2.24) is 4.72 Å². The zero-order valence-corrected chi connectivity index (χ0v) is 13.6. The highest BCUT2D eigenvalue weighted by Gasteiger charge is 2.30. The number of nitrogens with one attached hydrogen (secondary N) is 1. The number of sulfone groups is 1. The molecule has 0 bridgehead atoms. The summed E-state index contributed by atoms with van der Waals surface area (Å²) in [5, 5.41) is 8.90. The molecule has 1 aromatic rings. The fourth-order valence-corrected chi connectivity index (χ4v) is 5.97. The van der Waals surface area contributed by atoms with Gasteiger partial charge in [-0.3, -0.25) is 0 Å². The second-order valence-electron chi connectivity index (χ2n) is 4.63. The van der Waals surface area contributed by atoms with Gasteiger partial charge in [-0.25, -0.2) is 21.6 Å². The van der Waals surface area contributed by atoms with Crippen molar-refractivity contribution in [2.75, 3.05) is 18.1 Å². The van der Waals surface area contributed by atoms with Gasteiger partial charge in [0.15, 0.2) is 14.5 Å². The van der Waals surface area contributed by atoms with Crippen LogP contribution < -0.4 is 4.72 Å². The van der Waals surface area contributed by atoms with Crippen LogP contribution in [-0.4, -0.2) is 40.0 Å². The lowest BCUT2D eigenvalue weighted by Crippen LogP contribution is -2.29. The summed E-state index contributed by atoms with van der Waals surface area (Å²) >= 11 is 2.97. The Bertz CT molecular complexity index is 693. The van der Waals surface area contributed by atoms with Gasteiger partial charge in [0.25, 0.3) is 0 Å². The van der Waals surface area contributed by atoms with E-state index in [1.807, 2.05) is 0 Å². The molecule has 114 valence electrons. The van der Waals surface area contributed by atoms with Gasteiger partial charge in [0.1, 0.15) is 17.3 Å². The third-order valence-corrected chi connectivity index (χ3v) is 7.16. The molecule has 0 spiro atoms. The van der Waals surface area contributed by atoms with Crippen LogP contribution in [0.25, 0.3) is 0 Å². The van der Waals surface area contributed by atoms with Gasteiger partial charge in [0, 0.05) is 12.6 Å².